The lowest BCUT2D eigenvalue weighted by Gasteiger charge is -2.09. The highest BCUT2D eigenvalue weighted by atomic mass is 127. The largest absolute Gasteiger partial charge is 0.380 e. The summed E-state index contributed by atoms with van der Waals surface area (Å²) in [6.07, 6.45) is 0.0788. The molecule has 0 aliphatic rings. The molecule has 1 aromatic rings. The minimum absolute atomic E-state index is 0. The monoisotopic (exact) mass is 363 g/mol. The molecule has 0 saturated heterocycles. The van der Waals surface area contributed by atoms with Gasteiger partial charge in [-0.15, -0.1) is 24.0 Å². The second-order valence-corrected chi connectivity index (χ2v) is 4.20. The van der Waals surface area contributed by atoms with Crippen LogP contribution in [0.3, 0.4) is 0 Å². The number of methoxy groups -OCH3 is 1. The average Bonchev–Trinajstić information content (AvgIpc) is 2.31. The maximum atomic E-state index is 5.78. The molecule has 0 aromatic heterocycles. The summed E-state index contributed by atoms with van der Waals surface area (Å²) in [4.78, 5) is 4.20. The molecule has 5 heteroatoms. The van der Waals surface area contributed by atoms with Crippen molar-refractivity contribution in [3.05, 3.63) is 29.3 Å². The van der Waals surface area contributed by atoms with E-state index in [1.807, 2.05) is 13.0 Å². The molecule has 1 rings (SSSR count). The molecule has 1 unspecified atom stereocenters. The highest BCUT2D eigenvalue weighted by molar-refractivity contribution is 14.0. The minimum Gasteiger partial charge on any atom is -0.380 e. The van der Waals surface area contributed by atoms with Gasteiger partial charge in [0.2, 0.25) is 0 Å². The third-order valence-electron chi connectivity index (χ3n) is 2.70. The van der Waals surface area contributed by atoms with Crippen molar-refractivity contribution in [2.75, 3.05) is 19.0 Å². The molecule has 18 heavy (non-hydrogen) atoms. The highest BCUT2D eigenvalue weighted by Gasteiger charge is 2.00. The molecular formula is C13H22IN3O. The number of hydrogen-bond donors (Lipinski definition) is 2. The first-order valence-electron chi connectivity index (χ1n) is 5.70. The van der Waals surface area contributed by atoms with Crippen LogP contribution >= 0.6 is 24.0 Å². The fraction of sp³-hybridized carbons (Fsp3) is 0.462. The molecule has 1 atom stereocenters. The Morgan fingerprint density at radius 1 is 1.39 bits per heavy atom. The van der Waals surface area contributed by atoms with Gasteiger partial charge >= 0.3 is 0 Å². The Morgan fingerprint density at radius 2 is 2.06 bits per heavy atom. The number of aryl methyl sites for hydroxylation is 2. The fourth-order valence-electron chi connectivity index (χ4n) is 1.31. The van der Waals surface area contributed by atoms with Crippen molar-refractivity contribution in [1.29, 1.82) is 0 Å². The van der Waals surface area contributed by atoms with Crippen molar-refractivity contribution in [3.63, 3.8) is 0 Å². The van der Waals surface area contributed by atoms with Crippen LogP contribution in [0.25, 0.3) is 0 Å². The summed E-state index contributed by atoms with van der Waals surface area (Å²) < 4.78 is 5.10. The molecule has 4 nitrogen and oxygen atoms in total. The number of nitrogens with zero attached hydrogens (tertiary/aromatic N) is 1. The number of anilines is 1. The highest BCUT2D eigenvalue weighted by Crippen LogP contribution is 2.13. The van der Waals surface area contributed by atoms with Crippen LogP contribution < -0.4 is 11.1 Å². The van der Waals surface area contributed by atoms with E-state index in [1.54, 1.807) is 7.11 Å². The fourth-order valence-corrected chi connectivity index (χ4v) is 1.31. The van der Waals surface area contributed by atoms with Crippen LogP contribution in [0.4, 0.5) is 5.69 Å². The Kier molecular flexibility index (Phi) is 7.93. The Balaban J connectivity index is 0.00000289. The SMILES string of the molecule is COC(C)CN=C(N)Nc1ccc(C)c(C)c1.I. The van der Waals surface area contributed by atoms with E-state index >= 15 is 0 Å². The third kappa shape index (κ3) is 5.68. The van der Waals surface area contributed by atoms with Crippen molar-refractivity contribution in [1.82, 2.24) is 0 Å². The number of halogens is 1. The van der Waals surface area contributed by atoms with Crippen LogP contribution in [-0.4, -0.2) is 25.7 Å². The first kappa shape index (κ1) is 17.2. The zero-order valence-electron chi connectivity index (χ0n) is 11.4. The normalized spacial score (nSPS) is 12.8. The molecule has 0 fully saturated rings. The van der Waals surface area contributed by atoms with E-state index in [4.69, 9.17) is 10.5 Å². The van der Waals surface area contributed by atoms with E-state index in [9.17, 15) is 0 Å². The topological polar surface area (TPSA) is 59.6 Å². The molecule has 0 amide bonds. The lowest BCUT2D eigenvalue weighted by atomic mass is 10.1. The number of benzene rings is 1. The van der Waals surface area contributed by atoms with Crippen LogP contribution in [0.15, 0.2) is 23.2 Å². The molecule has 1 aromatic carbocycles. The Bertz CT molecular complexity index is 407. The van der Waals surface area contributed by atoms with E-state index < -0.39 is 0 Å². The first-order chi connectivity index (χ1) is 8.02. The Labute approximate surface area is 126 Å². The molecule has 102 valence electrons. The van der Waals surface area contributed by atoms with Gasteiger partial charge in [-0.3, -0.25) is 4.99 Å². The van der Waals surface area contributed by atoms with Crippen LogP contribution in [0.5, 0.6) is 0 Å². The number of guanidine groups is 1. The average molecular weight is 363 g/mol. The summed E-state index contributed by atoms with van der Waals surface area (Å²) >= 11 is 0. The second-order valence-electron chi connectivity index (χ2n) is 4.20. The summed E-state index contributed by atoms with van der Waals surface area (Å²) in [5.41, 5.74) is 9.23. The van der Waals surface area contributed by atoms with Gasteiger partial charge in [-0.2, -0.15) is 0 Å². The predicted octanol–water partition coefficient (Wildman–Crippen LogP) is 2.68. The molecule has 0 aliphatic heterocycles. The zero-order valence-corrected chi connectivity index (χ0v) is 13.7. The molecule has 0 spiro atoms. The lowest BCUT2D eigenvalue weighted by Crippen LogP contribution is -2.24. The van der Waals surface area contributed by atoms with E-state index in [2.05, 4.69) is 36.3 Å². The first-order valence-corrected chi connectivity index (χ1v) is 5.70. The van der Waals surface area contributed by atoms with Gasteiger partial charge in [0.25, 0.3) is 0 Å². The number of hydrogen-bond acceptors (Lipinski definition) is 2. The zero-order chi connectivity index (χ0) is 12.8. The van der Waals surface area contributed by atoms with E-state index in [1.165, 1.54) is 11.1 Å². The summed E-state index contributed by atoms with van der Waals surface area (Å²) in [7, 11) is 1.66. The van der Waals surface area contributed by atoms with Crippen molar-refractivity contribution in [2.24, 2.45) is 10.7 Å². The molecule has 3 N–H and O–H groups in total. The van der Waals surface area contributed by atoms with Crippen molar-refractivity contribution in [2.45, 2.75) is 26.9 Å². The Morgan fingerprint density at radius 3 is 2.61 bits per heavy atom. The van der Waals surface area contributed by atoms with Gasteiger partial charge in [-0.05, 0) is 44.0 Å². The molecule has 0 saturated carbocycles. The van der Waals surface area contributed by atoms with Crippen LogP contribution in [0, 0.1) is 13.8 Å². The quantitative estimate of drug-likeness (QED) is 0.491. The van der Waals surface area contributed by atoms with Crippen LogP contribution in [0.2, 0.25) is 0 Å². The second kappa shape index (κ2) is 8.31. The minimum atomic E-state index is 0. The summed E-state index contributed by atoms with van der Waals surface area (Å²) in [5.74, 6) is 0.414. The van der Waals surface area contributed by atoms with Gasteiger partial charge in [0.15, 0.2) is 5.96 Å². The maximum Gasteiger partial charge on any atom is 0.193 e. The molecule has 0 radical (unpaired) electrons. The maximum absolute atomic E-state index is 5.78. The van der Waals surface area contributed by atoms with Gasteiger partial charge in [0.1, 0.15) is 0 Å². The molecular weight excluding hydrogens is 341 g/mol. The summed E-state index contributed by atoms with van der Waals surface area (Å²) in [6, 6.07) is 6.10. The number of ether oxygens (including phenoxy) is 1. The number of nitrogens with one attached hydrogen (secondary N) is 1. The van der Waals surface area contributed by atoms with Crippen molar-refractivity contribution >= 4 is 35.6 Å². The summed E-state index contributed by atoms with van der Waals surface area (Å²) in [5, 5.41) is 3.06. The predicted molar refractivity (Wildman–Crippen MR) is 87.9 cm³/mol. The number of rotatable bonds is 4. The third-order valence-corrected chi connectivity index (χ3v) is 2.70. The summed E-state index contributed by atoms with van der Waals surface area (Å²) in [6.45, 7) is 6.66. The lowest BCUT2D eigenvalue weighted by molar-refractivity contribution is 0.125. The van der Waals surface area contributed by atoms with Gasteiger partial charge in [-0.25, -0.2) is 0 Å². The van der Waals surface area contributed by atoms with E-state index in [0.29, 0.717) is 12.5 Å². The Hall–Kier alpha value is -0.820. The molecule has 0 heterocycles. The number of nitrogens with two attached hydrogens (primary N) is 1. The smallest absolute Gasteiger partial charge is 0.193 e. The van der Waals surface area contributed by atoms with Crippen molar-refractivity contribution < 1.29 is 4.74 Å². The van der Waals surface area contributed by atoms with Crippen LogP contribution in [0.1, 0.15) is 18.1 Å². The number of aliphatic imine (C=N–C) groups is 1. The van der Waals surface area contributed by atoms with E-state index in [-0.39, 0.29) is 30.1 Å². The van der Waals surface area contributed by atoms with Crippen molar-refractivity contribution in [3.8, 4) is 0 Å². The molecule has 0 aliphatic carbocycles. The van der Waals surface area contributed by atoms with E-state index in [0.717, 1.165) is 5.69 Å². The van der Waals surface area contributed by atoms with Gasteiger partial charge in [0, 0.05) is 12.8 Å². The standard InChI is InChI=1S/C13H21N3O.HI/c1-9-5-6-12(7-10(9)2)16-13(14)15-8-11(3)17-4;/h5-7,11H,8H2,1-4H3,(H3,14,15,16);1H. The van der Waals surface area contributed by atoms with Crippen LogP contribution in [-0.2, 0) is 4.74 Å². The van der Waals surface area contributed by atoms with Gasteiger partial charge < -0.3 is 15.8 Å². The van der Waals surface area contributed by atoms with Gasteiger partial charge in [0.05, 0.1) is 12.6 Å². The van der Waals surface area contributed by atoms with Gasteiger partial charge in [-0.1, -0.05) is 6.07 Å². The molecule has 0 bridgehead atoms.